The maximum Gasteiger partial charge on any atom is 0.239 e. The number of nitrogens with one attached hydrogen (secondary N) is 2. The van der Waals surface area contributed by atoms with E-state index in [9.17, 15) is 14.9 Å². The molecule has 33 heavy (non-hydrogen) atoms. The van der Waals surface area contributed by atoms with Gasteiger partial charge in [-0.05, 0) is 49.9 Å². The van der Waals surface area contributed by atoms with Gasteiger partial charge in [-0.2, -0.15) is 5.26 Å². The Morgan fingerprint density at radius 2 is 1.79 bits per heavy atom. The summed E-state index contributed by atoms with van der Waals surface area (Å²) in [6.07, 6.45) is 5.23. The van der Waals surface area contributed by atoms with Crippen LogP contribution in [0.4, 0.5) is 10.7 Å². The van der Waals surface area contributed by atoms with Gasteiger partial charge in [0.25, 0.3) is 0 Å². The molecule has 9 heteroatoms. The van der Waals surface area contributed by atoms with Crippen molar-refractivity contribution in [1.29, 1.82) is 5.26 Å². The Labute approximate surface area is 197 Å². The first kappa shape index (κ1) is 23.1. The molecule has 8 nitrogen and oxygen atoms in total. The highest BCUT2D eigenvalue weighted by Crippen LogP contribution is 2.37. The van der Waals surface area contributed by atoms with Crippen LogP contribution in [-0.4, -0.2) is 49.6 Å². The second kappa shape index (κ2) is 10.7. The summed E-state index contributed by atoms with van der Waals surface area (Å²) in [6.45, 7) is 3.57. The molecule has 0 unspecified atom stereocenters. The van der Waals surface area contributed by atoms with Gasteiger partial charge in [0.2, 0.25) is 11.8 Å². The highest BCUT2D eigenvalue weighted by molar-refractivity contribution is 7.16. The number of thiophene rings is 1. The van der Waals surface area contributed by atoms with Gasteiger partial charge in [0.15, 0.2) is 11.5 Å². The number of rotatable bonds is 7. The minimum Gasteiger partial charge on any atom is -0.486 e. The van der Waals surface area contributed by atoms with Gasteiger partial charge in [-0.15, -0.1) is 11.3 Å². The van der Waals surface area contributed by atoms with Crippen LogP contribution >= 0.6 is 11.3 Å². The first-order chi connectivity index (χ1) is 16.1. The average molecular weight is 469 g/mol. The monoisotopic (exact) mass is 468 g/mol. The van der Waals surface area contributed by atoms with Crippen LogP contribution < -0.4 is 20.1 Å². The molecule has 1 aliphatic carbocycles. The van der Waals surface area contributed by atoms with Crippen molar-refractivity contribution in [1.82, 2.24) is 4.90 Å². The standard InChI is InChI=1S/C24H28N4O4S/c1-2-28(14-22(29)26-16-8-9-19-20(12-16)32-11-10-31-19)15-23(30)27-24-18(13-25)17-6-4-3-5-7-21(17)33-24/h8-9,12H,2-7,10-11,14-15H2,1H3,(H,26,29)(H,27,30). The lowest BCUT2D eigenvalue weighted by atomic mass is 10.1. The van der Waals surface area contributed by atoms with E-state index in [-0.39, 0.29) is 24.9 Å². The van der Waals surface area contributed by atoms with Crippen LogP contribution in [0.5, 0.6) is 11.5 Å². The lowest BCUT2D eigenvalue weighted by Crippen LogP contribution is -2.38. The van der Waals surface area contributed by atoms with Gasteiger partial charge in [-0.25, -0.2) is 0 Å². The maximum atomic E-state index is 12.7. The van der Waals surface area contributed by atoms with Gasteiger partial charge in [-0.1, -0.05) is 13.3 Å². The topological polar surface area (TPSA) is 104 Å². The summed E-state index contributed by atoms with van der Waals surface area (Å²) in [5, 5.41) is 16.0. The second-order valence-corrected chi connectivity index (χ2v) is 9.24. The van der Waals surface area contributed by atoms with Crippen LogP contribution in [0.3, 0.4) is 0 Å². The fourth-order valence-corrected chi connectivity index (χ4v) is 5.38. The Morgan fingerprint density at radius 3 is 2.55 bits per heavy atom. The Kier molecular flexibility index (Phi) is 7.47. The van der Waals surface area contributed by atoms with Gasteiger partial charge >= 0.3 is 0 Å². The van der Waals surface area contributed by atoms with Gasteiger partial charge in [0.1, 0.15) is 24.3 Å². The Hall–Kier alpha value is -3.09. The molecular weight excluding hydrogens is 440 g/mol. The molecule has 2 heterocycles. The molecule has 0 saturated carbocycles. The van der Waals surface area contributed by atoms with E-state index >= 15 is 0 Å². The molecular formula is C24H28N4O4S. The fourth-order valence-electron chi connectivity index (χ4n) is 4.12. The molecule has 2 N–H and O–H groups in total. The third kappa shape index (κ3) is 5.64. The largest absolute Gasteiger partial charge is 0.486 e. The van der Waals surface area contributed by atoms with Crippen molar-refractivity contribution in [3.05, 3.63) is 34.2 Å². The smallest absolute Gasteiger partial charge is 0.239 e. The first-order valence-electron chi connectivity index (χ1n) is 11.3. The van der Waals surface area contributed by atoms with Crippen LogP contribution in [0.15, 0.2) is 18.2 Å². The summed E-state index contributed by atoms with van der Waals surface area (Å²) in [4.78, 5) is 28.2. The maximum absolute atomic E-state index is 12.7. The van der Waals surface area contributed by atoms with E-state index in [1.54, 1.807) is 23.1 Å². The van der Waals surface area contributed by atoms with Crippen molar-refractivity contribution in [3.63, 3.8) is 0 Å². The van der Waals surface area contributed by atoms with E-state index < -0.39 is 0 Å². The third-order valence-electron chi connectivity index (χ3n) is 5.79. The number of anilines is 2. The normalized spacial score (nSPS) is 14.7. The van der Waals surface area contributed by atoms with Crippen LogP contribution in [0.1, 0.15) is 42.2 Å². The van der Waals surface area contributed by atoms with Crippen molar-refractivity contribution < 1.29 is 19.1 Å². The molecule has 0 bridgehead atoms. The molecule has 0 saturated heterocycles. The average Bonchev–Trinajstić information content (AvgIpc) is 2.97. The minimum atomic E-state index is -0.225. The summed E-state index contributed by atoms with van der Waals surface area (Å²) in [5.74, 6) is 0.820. The summed E-state index contributed by atoms with van der Waals surface area (Å²) in [7, 11) is 0. The van der Waals surface area contributed by atoms with Crippen molar-refractivity contribution in [3.8, 4) is 17.6 Å². The number of carbonyl (C=O) groups is 2. The number of fused-ring (bicyclic) bond motifs is 2. The zero-order valence-electron chi connectivity index (χ0n) is 18.7. The zero-order chi connectivity index (χ0) is 23.2. The molecule has 1 aliphatic heterocycles. The highest BCUT2D eigenvalue weighted by atomic mass is 32.1. The van der Waals surface area contributed by atoms with Crippen molar-refractivity contribution in [2.45, 2.75) is 39.0 Å². The fraction of sp³-hybridized carbons (Fsp3) is 0.458. The van der Waals surface area contributed by atoms with Gasteiger partial charge in [0.05, 0.1) is 18.7 Å². The summed E-state index contributed by atoms with van der Waals surface area (Å²) in [5.41, 5.74) is 2.31. The quantitative estimate of drug-likeness (QED) is 0.602. The van der Waals surface area contributed by atoms with E-state index in [1.165, 1.54) is 22.6 Å². The van der Waals surface area contributed by atoms with E-state index in [4.69, 9.17) is 9.47 Å². The molecule has 2 aliphatic rings. The number of nitrogens with zero attached hydrogens (tertiary/aromatic N) is 2. The molecule has 0 fully saturated rings. The Bertz CT molecular complexity index is 1080. The molecule has 1 aromatic heterocycles. The molecule has 0 spiro atoms. The lowest BCUT2D eigenvalue weighted by Gasteiger charge is -2.21. The van der Waals surface area contributed by atoms with E-state index in [2.05, 4.69) is 16.7 Å². The highest BCUT2D eigenvalue weighted by Gasteiger charge is 2.22. The molecule has 2 amide bonds. The molecule has 0 radical (unpaired) electrons. The Morgan fingerprint density at radius 1 is 1.06 bits per heavy atom. The first-order valence-corrected chi connectivity index (χ1v) is 12.2. The molecule has 2 aromatic rings. The van der Waals surface area contributed by atoms with Gasteiger partial charge < -0.3 is 20.1 Å². The summed E-state index contributed by atoms with van der Waals surface area (Å²) < 4.78 is 11.0. The molecule has 0 atom stereocenters. The third-order valence-corrected chi connectivity index (χ3v) is 7.00. The summed E-state index contributed by atoms with van der Waals surface area (Å²) in [6, 6.07) is 7.55. The predicted molar refractivity (Wildman–Crippen MR) is 127 cm³/mol. The number of amides is 2. The van der Waals surface area contributed by atoms with E-state index in [0.717, 1.165) is 31.2 Å². The van der Waals surface area contributed by atoms with Crippen molar-refractivity contribution in [2.24, 2.45) is 0 Å². The number of carbonyl (C=O) groups excluding carboxylic acids is 2. The predicted octanol–water partition coefficient (Wildman–Crippen LogP) is 3.56. The number of ether oxygens (including phenoxy) is 2. The van der Waals surface area contributed by atoms with Crippen LogP contribution in [0.25, 0.3) is 0 Å². The number of nitriles is 1. The minimum absolute atomic E-state index is 0.0680. The molecule has 174 valence electrons. The number of likely N-dealkylation sites (N-methyl/N-ethyl adjacent to an activating group) is 1. The zero-order valence-corrected chi connectivity index (χ0v) is 19.6. The lowest BCUT2D eigenvalue weighted by molar-refractivity contribution is -0.119. The van der Waals surface area contributed by atoms with Crippen LogP contribution in [0.2, 0.25) is 0 Å². The van der Waals surface area contributed by atoms with Gasteiger partial charge in [0, 0.05) is 16.6 Å². The summed E-state index contributed by atoms with van der Waals surface area (Å²) >= 11 is 1.52. The van der Waals surface area contributed by atoms with Crippen LogP contribution in [0, 0.1) is 11.3 Å². The van der Waals surface area contributed by atoms with Crippen molar-refractivity contribution >= 4 is 33.8 Å². The second-order valence-electron chi connectivity index (χ2n) is 8.14. The molecule has 4 rings (SSSR count). The van der Waals surface area contributed by atoms with Crippen LogP contribution in [-0.2, 0) is 22.4 Å². The number of hydrogen-bond donors (Lipinski definition) is 2. The number of aryl methyl sites for hydroxylation is 1. The Balaban J connectivity index is 1.34. The SMILES string of the molecule is CCN(CC(=O)Nc1ccc2c(c1)OCCO2)CC(=O)Nc1sc2c(c1C#N)CCCCC2. The van der Waals surface area contributed by atoms with Crippen molar-refractivity contribution in [2.75, 3.05) is 43.5 Å². The molecule has 1 aromatic carbocycles. The van der Waals surface area contributed by atoms with E-state index in [1.807, 2.05) is 6.92 Å². The number of hydrogen-bond acceptors (Lipinski definition) is 7. The van der Waals surface area contributed by atoms with E-state index in [0.29, 0.717) is 47.5 Å². The van der Waals surface area contributed by atoms with Gasteiger partial charge in [-0.3, -0.25) is 14.5 Å². The number of benzene rings is 1.